The summed E-state index contributed by atoms with van der Waals surface area (Å²) >= 11 is 0. The molecule has 6 aliphatic heterocycles. The number of aliphatic imine (C=N–C) groups is 2. The molecular weight excluding hydrogens is 684 g/mol. The van der Waals surface area contributed by atoms with E-state index in [-0.39, 0.29) is 61.1 Å². The highest BCUT2D eigenvalue weighted by molar-refractivity contribution is 6.18. The van der Waals surface area contributed by atoms with Crippen LogP contribution in [0.1, 0.15) is 63.5 Å². The second kappa shape index (κ2) is 17.0. The maximum absolute atomic E-state index is 13.1. The number of allylic oxidation sites excluding steroid dienone is 2. The molecule has 0 aliphatic carbocycles. The van der Waals surface area contributed by atoms with Gasteiger partial charge in [0.1, 0.15) is 11.6 Å². The lowest BCUT2D eigenvalue weighted by Gasteiger charge is -2.30. The molecule has 6 heterocycles. The zero-order valence-electron chi connectivity index (χ0n) is 31.4. The monoisotopic (exact) mass is 734 g/mol. The van der Waals surface area contributed by atoms with Crippen molar-refractivity contribution in [2.45, 2.75) is 77.3 Å². The van der Waals surface area contributed by atoms with E-state index in [1.54, 1.807) is 12.2 Å². The fourth-order valence-corrected chi connectivity index (χ4v) is 8.14. The van der Waals surface area contributed by atoms with Gasteiger partial charge in [0.2, 0.25) is 11.8 Å². The number of para-hydroxylation sites is 2. The second-order valence-corrected chi connectivity index (χ2v) is 14.5. The largest absolute Gasteiger partial charge is 0.378 e. The van der Waals surface area contributed by atoms with E-state index in [1.807, 2.05) is 46.2 Å². The normalized spacial score (nSPS) is 22.4. The molecule has 0 unspecified atom stereocenters. The highest BCUT2D eigenvalue weighted by Gasteiger charge is 2.35. The summed E-state index contributed by atoms with van der Waals surface area (Å²) in [6, 6.07) is 16.5. The number of carbonyl (C=O) groups excluding carboxylic acids is 4. The molecule has 284 valence electrons. The van der Waals surface area contributed by atoms with Crippen LogP contribution in [-0.2, 0) is 41.5 Å². The third kappa shape index (κ3) is 8.39. The van der Waals surface area contributed by atoms with Crippen LogP contribution in [0.25, 0.3) is 0 Å². The van der Waals surface area contributed by atoms with Gasteiger partial charge in [-0.15, -0.1) is 0 Å². The van der Waals surface area contributed by atoms with E-state index in [0.717, 1.165) is 63.2 Å². The molecule has 2 fully saturated rings. The summed E-state index contributed by atoms with van der Waals surface area (Å²) in [7, 11) is 0. The summed E-state index contributed by atoms with van der Waals surface area (Å²) in [6.45, 7) is 9.66. The molecule has 12 nitrogen and oxygen atoms in total. The Morgan fingerprint density at radius 2 is 1.02 bits per heavy atom. The quantitative estimate of drug-likeness (QED) is 0.384. The van der Waals surface area contributed by atoms with Gasteiger partial charge in [-0.2, -0.15) is 0 Å². The van der Waals surface area contributed by atoms with E-state index >= 15 is 0 Å². The highest BCUT2D eigenvalue weighted by atomic mass is 16.5. The van der Waals surface area contributed by atoms with Gasteiger partial charge in [-0.3, -0.25) is 19.2 Å². The molecule has 12 heteroatoms. The van der Waals surface area contributed by atoms with E-state index < -0.39 is 0 Å². The van der Waals surface area contributed by atoms with Crippen LogP contribution < -0.4 is 9.80 Å². The van der Waals surface area contributed by atoms with E-state index in [9.17, 15) is 19.2 Å². The Kier molecular flexibility index (Phi) is 11.8. The first-order valence-electron chi connectivity index (χ1n) is 19.4. The summed E-state index contributed by atoms with van der Waals surface area (Å²) in [5.74, 6) is 1.44. The van der Waals surface area contributed by atoms with Crippen LogP contribution in [0.5, 0.6) is 0 Å². The smallest absolute Gasteiger partial charge is 0.232 e. The zero-order chi connectivity index (χ0) is 37.6. The first-order valence-corrected chi connectivity index (χ1v) is 19.4. The van der Waals surface area contributed by atoms with Crippen molar-refractivity contribution >= 4 is 46.2 Å². The number of anilines is 2. The predicted octanol–water partition coefficient (Wildman–Crippen LogP) is 4.66. The van der Waals surface area contributed by atoms with E-state index in [2.05, 4.69) is 45.8 Å². The van der Waals surface area contributed by atoms with Gasteiger partial charge in [-0.1, -0.05) is 50.2 Å². The van der Waals surface area contributed by atoms with Crippen LogP contribution in [0, 0.1) is 0 Å². The maximum atomic E-state index is 13.1. The summed E-state index contributed by atoms with van der Waals surface area (Å²) in [5.41, 5.74) is 5.75. The number of nitrogens with zero attached hydrogens (tertiary/aromatic N) is 6. The highest BCUT2D eigenvalue weighted by Crippen LogP contribution is 2.35. The Hall–Kier alpha value is -4.94. The molecule has 2 aromatic rings. The number of rotatable bonds is 8. The average molecular weight is 735 g/mol. The number of carbonyl (C=O) groups is 4. The van der Waals surface area contributed by atoms with Crippen molar-refractivity contribution < 1.29 is 28.7 Å². The number of ether oxygens (including phenoxy) is 2. The average Bonchev–Trinajstić information content (AvgIpc) is 3.77. The third-order valence-electron chi connectivity index (χ3n) is 10.9. The first-order chi connectivity index (χ1) is 26.3. The predicted molar refractivity (Wildman–Crippen MR) is 208 cm³/mol. The number of ketones is 2. The molecule has 0 aromatic heterocycles. The molecule has 2 saturated heterocycles. The SMILES string of the molecule is CC[C@@H]1Cc2ccccc2N1C(=O)CC1=NC(N2CCOCC2)=CC(=O)C1.CC[C@H]1Cc2ccccc2N1C(=O)CC1=NC(N2CCOCC2)=CC(=O)C1. The van der Waals surface area contributed by atoms with E-state index in [1.165, 1.54) is 11.1 Å². The van der Waals surface area contributed by atoms with Gasteiger partial charge in [-0.05, 0) is 48.9 Å². The molecule has 0 saturated carbocycles. The number of benzene rings is 2. The Morgan fingerprint density at radius 3 is 1.41 bits per heavy atom. The van der Waals surface area contributed by atoms with Gasteiger partial charge in [0.05, 0.1) is 39.3 Å². The van der Waals surface area contributed by atoms with Crippen molar-refractivity contribution in [2.75, 3.05) is 62.4 Å². The van der Waals surface area contributed by atoms with Crippen molar-refractivity contribution in [1.82, 2.24) is 9.80 Å². The van der Waals surface area contributed by atoms with Crippen molar-refractivity contribution in [3.8, 4) is 0 Å². The summed E-state index contributed by atoms with van der Waals surface area (Å²) in [4.78, 5) is 67.9. The lowest BCUT2D eigenvalue weighted by molar-refractivity contribution is -0.118. The number of fused-ring (bicyclic) bond motifs is 2. The van der Waals surface area contributed by atoms with Gasteiger partial charge in [0.15, 0.2) is 11.6 Å². The molecule has 8 rings (SSSR count). The van der Waals surface area contributed by atoms with Crippen molar-refractivity contribution in [3.63, 3.8) is 0 Å². The summed E-state index contributed by atoms with van der Waals surface area (Å²) in [6.07, 6.45) is 7.63. The van der Waals surface area contributed by atoms with Crippen LogP contribution in [0.2, 0.25) is 0 Å². The van der Waals surface area contributed by atoms with Crippen LogP contribution in [0.3, 0.4) is 0 Å². The van der Waals surface area contributed by atoms with Crippen LogP contribution in [0.4, 0.5) is 11.4 Å². The van der Waals surface area contributed by atoms with Crippen LogP contribution in [-0.4, -0.2) is 109 Å². The van der Waals surface area contributed by atoms with Gasteiger partial charge in [0, 0.05) is 86.1 Å². The van der Waals surface area contributed by atoms with Crippen molar-refractivity contribution in [1.29, 1.82) is 0 Å². The minimum Gasteiger partial charge on any atom is -0.378 e. The van der Waals surface area contributed by atoms with E-state index in [4.69, 9.17) is 9.47 Å². The third-order valence-corrected chi connectivity index (χ3v) is 10.9. The standard InChI is InChI=1S/2C21H25N3O3/c2*1-2-17-11-15-5-3-4-6-19(15)24(17)21(26)13-16-12-18(25)14-20(22-16)23-7-9-27-10-8-23/h2*3-6,14,17H,2,7-13H2,1H3/t2*17-/m10/s1. The van der Waals surface area contributed by atoms with Crippen LogP contribution >= 0.6 is 0 Å². The second-order valence-electron chi connectivity index (χ2n) is 14.5. The number of hydrogen-bond acceptors (Lipinski definition) is 10. The molecule has 2 amide bonds. The van der Waals surface area contributed by atoms with Gasteiger partial charge in [0.25, 0.3) is 0 Å². The fraction of sp³-hybridized carbons (Fsp3) is 0.476. The Morgan fingerprint density at radius 1 is 0.630 bits per heavy atom. The minimum atomic E-state index is 0.0168. The molecule has 54 heavy (non-hydrogen) atoms. The molecule has 6 aliphatic rings. The van der Waals surface area contributed by atoms with Gasteiger partial charge >= 0.3 is 0 Å². The summed E-state index contributed by atoms with van der Waals surface area (Å²) < 4.78 is 10.7. The molecule has 2 aromatic carbocycles. The lowest BCUT2D eigenvalue weighted by atomic mass is 10.1. The summed E-state index contributed by atoms with van der Waals surface area (Å²) in [5, 5.41) is 0. The molecule has 0 spiro atoms. The topological polar surface area (TPSA) is 124 Å². The van der Waals surface area contributed by atoms with Crippen molar-refractivity contribution in [2.24, 2.45) is 9.98 Å². The maximum Gasteiger partial charge on any atom is 0.232 e. The number of morpholine rings is 2. The first kappa shape index (κ1) is 37.4. The minimum absolute atomic E-state index is 0.0168. The van der Waals surface area contributed by atoms with Crippen LogP contribution in [0.15, 0.2) is 82.3 Å². The number of hydrogen-bond donors (Lipinski definition) is 0. The number of amides is 2. The van der Waals surface area contributed by atoms with Gasteiger partial charge < -0.3 is 29.1 Å². The van der Waals surface area contributed by atoms with Crippen molar-refractivity contribution in [3.05, 3.63) is 83.5 Å². The Bertz CT molecular complexity index is 1750. The molecule has 0 N–H and O–H groups in total. The Labute approximate surface area is 317 Å². The molecule has 2 atom stereocenters. The molecular formula is C42H50N6O6. The lowest BCUT2D eigenvalue weighted by Crippen LogP contribution is -2.39. The Balaban J connectivity index is 0.000000167. The molecule has 0 radical (unpaired) electrons. The molecule has 0 bridgehead atoms. The van der Waals surface area contributed by atoms with Gasteiger partial charge in [-0.25, -0.2) is 9.98 Å². The van der Waals surface area contributed by atoms with E-state index in [0.29, 0.717) is 49.5 Å². The fourth-order valence-electron chi connectivity index (χ4n) is 8.14. The zero-order valence-corrected chi connectivity index (χ0v) is 31.4.